The average Bonchev–Trinajstić information content (AvgIpc) is 3.16. The summed E-state index contributed by atoms with van der Waals surface area (Å²) in [5.41, 5.74) is 1.96. The second-order valence-electron chi connectivity index (χ2n) is 5.04. The maximum Gasteiger partial charge on any atom is 0.255 e. The largest absolute Gasteiger partial charge is 0.497 e. The van der Waals surface area contributed by atoms with Crippen LogP contribution in [0.4, 0.5) is 5.69 Å². The van der Waals surface area contributed by atoms with E-state index < -0.39 is 0 Å². The number of hydrogen-bond donors (Lipinski definition) is 1. The fourth-order valence-corrected chi connectivity index (χ4v) is 2.34. The molecule has 0 bridgehead atoms. The second kappa shape index (κ2) is 6.87. The lowest BCUT2D eigenvalue weighted by Crippen LogP contribution is -2.14. The Kier molecular flexibility index (Phi) is 4.47. The lowest BCUT2D eigenvalue weighted by atomic mass is 10.1. The number of benzene rings is 2. The molecule has 0 saturated carbocycles. The van der Waals surface area contributed by atoms with Crippen molar-refractivity contribution in [1.82, 2.24) is 9.55 Å². The van der Waals surface area contributed by atoms with Crippen molar-refractivity contribution in [3.8, 4) is 17.2 Å². The Morgan fingerprint density at radius 1 is 1.08 bits per heavy atom. The molecule has 1 N–H and O–H groups in total. The van der Waals surface area contributed by atoms with Crippen molar-refractivity contribution in [1.29, 1.82) is 0 Å². The van der Waals surface area contributed by atoms with Crippen LogP contribution >= 0.6 is 0 Å². The van der Waals surface area contributed by atoms with Crippen LogP contribution in [0.1, 0.15) is 10.4 Å². The number of carbonyl (C=O) groups is 1. The van der Waals surface area contributed by atoms with Gasteiger partial charge in [0.1, 0.15) is 11.5 Å². The maximum absolute atomic E-state index is 12.6. The van der Waals surface area contributed by atoms with Gasteiger partial charge in [-0.25, -0.2) is 4.98 Å². The number of nitrogens with zero attached hydrogens (tertiary/aromatic N) is 2. The van der Waals surface area contributed by atoms with Crippen molar-refractivity contribution in [2.45, 2.75) is 0 Å². The highest BCUT2D eigenvalue weighted by molar-refractivity contribution is 6.05. The smallest absolute Gasteiger partial charge is 0.255 e. The van der Waals surface area contributed by atoms with Crippen LogP contribution in [0.3, 0.4) is 0 Å². The van der Waals surface area contributed by atoms with Crippen molar-refractivity contribution in [2.24, 2.45) is 0 Å². The number of aromatic nitrogens is 2. The van der Waals surface area contributed by atoms with Gasteiger partial charge in [0.25, 0.3) is 5.91 Å². The number of nitrogens with one attached hydrogen (secondary N) is 1. The molecule has 0 aliphatic carbocycles. The number of carbonyl (C=O) groups excluding carboxylic acids is 1. The Labute approximate surface area is 139 Å². The zero-order valence-corrected chi connectivity index (χ0v) is 13.4. The normalized spacial score (nSPS) is 10.2. The molecule has 0 spiro atoms. The van der Waals surface area contributed by atoms with E-state index in [0.29, 0.717) is 22.7 Å². The number of methoxy groups -OCH3 is 2. The Morgan fingerprint density at radius 2 is 1.79 bits per heavy atom. The van der Waals surface area contributed by atoms with Gasteiger partial charge in [-0.2, -0.15) is 0 Å². The lowest BCUT2D eigenvalue weighted by Gasteiger charge is -2.12. The van der Waals surface area contributed by atoms with Crippen LogP contribution in [0.2, 0.25) is 0 Å². The molecule has 0 radical (unpaired) electrons. The minimum atomic E-state index is -0.250. The van der Waals surface area contributed by atoms with Crippen molar-refractivity contribution < 1.29 is 14.3 Å². The summed E-state index contributed by atoms with van der Waals surface area (Å²) < 4.78 is 12.3. The lowest BCUT2D eigenvalue weighted by molar-refractivity contribution is 0.102. The van der Waals surface area contributed by atoms with Gasteiger partial charge in [-0.1, -0.05) is 12.1 Å². The predicted molar refractivity (Wildman–Crippen MR) is 91.1 cm³/mol. The molecule has 3 rings (SSSR count). The number of ether oxygens (including phenoxy) is 2. The second-order valence-corrected chi connectivity index (χ2v) is 5.04. The average molecular weight is 323 g/mol. The van der Waals surface area contributed by atoms with Crippen LogP contribution in [0.5, 0.6) is 11.5 Å². The third kappa shape index (κ3) is 3.22. The van der Waals surface area contributed by atoms with Crippen LogP contribution in [-0.4, -0.2) is 29.7 Å². The maximum atomic E-state index is 12.6. The third-order valence-corrected chi connectivity index (χ3v) is 3.55. The number of amides is 1. The van der Waals surface area contributed by atoms with Crippen molar-refractivity contribution in [2.75, 3.05) is 19.5 Å². The Balaban J connectivity index is 1.91. The molecule has 0 fully saturated rings. The molecule has 2 aromatic carbocycles. The molecule has 0 aliphatic rings. The molecule has 1 aromatic heterocycles. The SMILES string of the molecule is COc1cc(OC)cc(C(=O)Nc2ccccc2-n2ccnc2)c1. The van der Waals surface area contributed by atoms with Gasteiger partial charge in [0.15, 0.2) is 0 Å². The topological polar surface area (TPSA) is 65.4 Å². The van der Waals surface area contributed by atoms with E-state index in [-0.39, 0.29) is 5.91 Å². The van der Waals surface area contributed by atoms with Gasteiger partial charge >= 0.3 is 0 Å². The highest BCUT2D eigenvalue weighted by Gasteiger charge is 2.12. The van der Waals surface area contributed by atoms with Gasteiger partial charge in [0, 0.05) is 24.0 Å². The molecule has 0 atom stereocenters. The third-order valence-electron chi connectivity index (χ3n) is 3.55. The zero-order valence-electron chi connectivity index (χ0n) is 13.4. The van der Waals surface area contributed by atoms with Crippen LogP contribution in [0.25, 0.3) is 5.69 Å². The Morgan fingerprint density at radius 3 is 2.42 bits per heavy atom. The minimum Gasteiger partial charge on any atom is -0.497 e. The Bertz CT molecular complexity index is 822. The van der Waals surface area contributed by atoms with Crippen LogP contribution in [0, 0.1) is 0 Å². The molecule has 0 saturated heterocycles. The number of hydrogen-bond acceptors (Lipinski definition) is 4. The van der Waals surface area contributed by atoms with E-state index in [1.807, 2.05) is 35.0 Å². The molecule has 3 aromatic rings. The molecule has 1 heterocycles. The van der Waals surface area contributed by atoms with Crippen molar-refractivity contribution in [3.63, 3.8) is 0 Å². The fraction of sp³-hybridized carbons (Fsp3) is 0.111. The first-order valence-electron chi connectivity index (χ1n) is 7.33. The number of anilines is 1. The first-order chi connectivity index (χ1) is 11.7. The molecular weight excluding hydrogens is 306 g/mol. The molecule has 1 amide bonds. The minimum absolute atomic E-state index is 0.250. The van der Waals surface area contributed by atoms with E-state index in [0.717, 1.165) is 5.69 Å². The number of para-hydroxylation sites is 2. The van der Waals surface area contributed by atoms with Crippen LogP contribution in [0.15, 0.2) is 61.2 Å². The molecule has 6 nitrogen and oxygen atoms in total. The highest BCUT2D eigenvalue weighted by Crippen LogP contribution is 2.25. The molecule has 0 aliphatic heterocycles. The Hall–Kier alpha value is -3.28. The highest BCUT2D eigenvalue weighted by atomic mass is 16.5. The van der Waals surface area contributed by atoms with Gasteiger partial charge in [0.2, 0.25) is 0 Å². The summed E-state index contributed by atoms with van der Waals surface area (Å²) in [6, 6.07) is 12.6. The summed E-state index contributed by atoms with van der Waals surface area (Å²) in [4.78, 5) is 16.7. The van der Waals surface area contributed by atoms with Crippen LogP contribution < -0.4 is 14.8 Å². The molecule has 122 valence electrons. The van der Waals surface area contributed by atoms with Crippen LogP contribution in [-0.2, 0) is 0 Å². The first kappa shape index (κ1) is 15.6. The quantitative estimate of drug-likeness (QED) is 0.783. The summed E-state index contributed by atoms with van der Waals surface area (Å²) in [5.74, 6) is 0.865. The van der Waals surface area contributed by atoms with E-state index >= 15 is 0 Å². The van der Waals surface area contributed by atoms with Gasteiger partial charge in [-0.15, -0.1) is 0 Å². The molecular formula is C18H17N3O3. The summed E-state index contributed by atoms with van der Waals surface area (Å²) in [5, 5.41) is 2.92. The van der Waals surface area contributed by atoms with Crippen molar-refractivity contribution >= 4 is 11.6 Å². The fourth-order valence-electron chi connectivity index (χ4n) is 2.34. The van der Waals surface area contributed by atoms with Gasteiger partial charge in [-0.3, -0.25) is 4.79 Å². The summed E-state index contributed by atoms with van der Waals surface area (Å²) in [7, 11) is 3.09. The van der Waals surface area contributed by atoms with Gasteiger partial charge in [0.05, 0.1) is 31.9 Å². The molecule has 24 heavy (non-hydrogen) atoms. The van der Waals surface area contributed by atoms with E-state index in [2.05, 4.69) is 10.3 Å². The summed E-state index contributed by atoms with van der Waals surface area (Å²) >= 11 is 0. The monoisotopic (exact) mass is 323 g/mol. The number of imidazole rings is 1. The standard InChI is InChI=1S/C18H17N3O3/c1-23-14-9-13(10-15(11-14)24-2)18(22)20-16-5-3-4-6-17(16)21-8-7-19-12-21/h3-12H,1-2H3,(H,20,22). The number of rotatable bonds is 5. The summed E-state index contributed by atoms with van der Waals surface area (Å²) in [6.45, 7) is 0. The molecule has 0 unspecified atom stereocenters. The van der Waals surface area contributed by atoms with E-state index in [9.17, 15) is 4.79 Å². The first-order valence-corrected chi connectivity index (χ1v) is 7.33. The van der Waals surface area contributed by atoms with Gasteiger partial charge in [-0.05, 0) is 24.3 Å². The summed E-state index contributed by atoms with van der Waals surface area (Å²) in [6.07, 6.45) is 5.19. The van der Waals surface area contributed by atoms with E-state index in [1.165, 1.54) is 0 Å². The predicted octanol–water partition coefficient (Wildman–Crippen LogP) is 3.14. The van der Waals surface area contributed by atoms with Gasteiger partial charge < -0.3 is 19.4 Å². The van der Waals surface area contributed by atoms with Crippen molar-refractivity contribution in [3.05, 3.63) is 66.7 Å². The van der Waals surface area contributed by atoms with E-state index in [1.54, 1.807) is 44.9 Å². The van der Waals surface area contributed by atoms with E-state index in [4.69, 9.17) is 9.47 Å². The molecule has 6 heteroatoms. The zero-order chi connectivity index (χ0) is 16.9.